The van der Waals surface area contributed by atoms with Gasteiger partial charge in [0.15, 0.2) is 5.78 Å². The van der Waals surface area contributed by atoms with Gasteiger partial charge in [-0.25, -0.2) is 0 Å². The highest BCUT2D eigenvalue weighted by molar-refractivity contribution is 6.15. The first-order valence-electron chi connectivity index (χ1n) is 7.95. The van der Waals surface area contributed by atoms with Crippen molar-refractivity contribution in [2.45, 2.75) is 19.3 Å². The van der Waals surface area contributed by atoms with Crippen LogP contribution in [0, 0.1) is 5.41 Å². The van der Waals surface area contributed by atoms with Crippen molar-refractivity contribution in [2.24, 2.45) is 5.41 Å². The number of carbonyl (C=O) groups is 2. The lowest BCUT2D eigenvalue weighted by Crippen LogP contribution is -2.45. The summed E-state index contributed by atoms with van der Waals surface area (Å²) >= 11 is 0. The van der Waals surface area contributed by atoms with Gasteiger partial charge in [-0.3, -0.25) is 9.59 Å². The molecule has 0 saturated heterocycles. The van der Waals surface area contributed by atoms with Crippen molar-refractivity contribution in [3.05, 3.63) is 65.2 Å². The van der Waals surface area contributed by atoms with Gasteiger partial charge in [-0.05, 0) is 36.5 Å². The van der Waals surface area contributed by atoms with Crippen molar-refractivity contribution in [3.63, 3.8) is 0 Å². The molecule has 0 radical (unpaired) electrons. The molecule has 0 aromatic heterocycles. The SMILES string of the molecule is COC(=O)C1(Cc2ccccc2)CCc2cccc(OC)c2C1=O. The van der Waals surface area contributed by atoms with Crippen LogP contribution in [0.1, 0.15) is 27.9 Å². The van der Waals surface area contributed by atoms with E-state index in [9.17, 15) is 9.59 Å². The van der Waals surface area contributed by atoms with E-state index in [-0.39, 0.29) is 5.78 Å². The van der Waals surface area contributed by atoms with Crippen LogP contribution in [0.15, 0.2) is 48.5 Å². The molecule has 3 rings (SSSR count). The maximum atomic E-state index is 13.3. The van der Waals surface area contributed by atoms with Crippen LogP contribution in [0.4, 0.5) is 0 Å². The molecule has 124 valence electrons. The van der Waals surface area contributed by atoms with Gasteiger partial charge >= 0.3 is 5.97 Å². The molecule has 4 nitrogen and oxygen atoms in total. The van der Waals surface area contributed by atoms with Gasteiger partial charge in [-0.1, -0.05) is 42.5 Å². The number of benzene rings is 2. The van der Waals surface area contributed by atoms with E-state index >= 15 is 0 Å². The molecule has 1 aliphatic carbocycles. The van der Waals surface area contributed by atoms with Crippen molar-refractivity contribution in [3.8, 4) is 5.75 Å². The Morgan fingerprint density at radius 2 is 1.83 bits per heavy atom. The zero-order valence-corrected chi connectivity index (χ0v) is 13.9. The minimum Gasteiger partial charge on any atom is -0.496 e. The van der Waals surface area contributed by atoms with Crippen LogP contribution in [-0.2, 0) is 22.4 Å². The number of ketones is 1. The Morgan fingerprint density at radius 3 is 2.50 bits per heavy atom. The number of carbonyl (C=O) groups excluding carboxylic acids is 2. The molecule has 4 heteroatoms. The standard InChI is InChI=1S/C20H20O4/c1-23-16-10-6-9-15-11-12-20(19(22)24-2,18(21)17(15)16)13-14-7-4-3-5-8-14/h3-10H,11-13H2,1-2H3. The van der Waals surface area contributed by atoms with Gasteiger partial charge in [0.05, 0.1) is 19.8 Å². The Balaban J connectivity index is 2.10. The number of hydrogen-bond acceptors (Lipinski definition) is 4. The molecular formula is C20H20O4. The molecular weight excluding hydrogens is 304 g/mol. The smallest absolute Gasteiger partial charge is 0.320 e. The Kier molecular flexibility index (Phi) is 4.38. The summed E-state index contributed by atoms with van der Waals surface area (Å²) in [6.07, 6.45) is 1.41. The fraction of sp³-hybridized carbons (Fsp3) is 0.300. The number of ether oxygens (including phenoxy) is 2. The van der Waals surface area contributed by atoms with E-state index in [1.165, 1.54) is 14.2 Å². The van der Waals surface area contributed by atoms with E-state index < -0.39 is 11.4 Å². The molecule has 0 fully saturated rings. The monoisotopic (exact) mass is 324 g/mol. The zero-order valence-electron chi connectivity index (χ0n) is 13.9. The summed E-state index contributed by atoms with van der Waals surface area (Å²) in [6.45, 7) is 0. The van der Waals surface area contributed by atoms with Gasteiger partial charge in [0.1, 0.15) is 11.2 Å². The topological polar surface area (TPSA) is 52.6 Å². The van der Waals surface area contributed by atoms with Gasteiger partial charge in [0.25, 0.3) is 0 Å². The van der Waals surface area contributed by atoms with E-state index in [0.29, 0.717) is 30.6 Å². The molecule has 0 bridgehead atoms. The highest BCUT2D eigenvalue weighted by Gasteiger charge is 2.50. The number of esters is 1. The lowest BCUT2D eigenvalue weighted by molar-refractivity contribution is -0.150. The molecule has 1 unspecified atom stereocenters. The summed E-state index contributed by atoms with van der Waals surface area (Å²) in [7, 11) is 2.87. The van der Waals surface area contributed by atoms with Crippen LogP contribution in [0.3, 0.4) is 0 Å². The number of rotatable bonds is 4. The van der Waals surface area contributed by atoms with Crippen molar-refractivity contribution in [2.75, 3.05) is 14.2 Å². The van der Waals surface area contributed by atoms with Gasteiger partial charge in [-0.15, -0.1) is 0 Å². The first kappa shape index (κ1) is 16.2. The van der Waals surface area contributed by atoms with Crippen LogP contribution in [-0.4, -0.2) is 26.0 Å². The van der Waals surface area contributed by atoms with Gasteiger partial charge in [0, 0.05) is 0 Å². The second kappa shape index (κ2) is 6.48. The van der Waals surface area contributed by atoms with Crippen LogP contribution >= 0.6 is 0 Å². The van der Waals surface area contributed by atoms with Crippen LogP contribution in [0.2, 0.25) is 0 Å². The van der Waals surface area contributed by atoms with E-state index in [0.717, 1.165) is 11.1 Å². The second-order valence-electron chi connectivity index (χ2n) is 6.06. The minimum absolute atomic E-state index is 0.211. The van der Waals surface area contributed by atoms with Gasteiger partial charge in [0.2, 0.25) is 0 Å². The Morgan fingerprint density at radius 1 is 1.08 bits per heavy atom. The molecule has 0 heterocycles. The predicted octanol–water partition coefficient (Wildman–Crippen LogP) is 3.23. The third-order valence-electron chi connectivity index (χ3n) is 4.74. The molecule has 2 aromatic carbocycles. The molecule has 24 heavy (non-hydrogen) atoms. The normalized spacial score (nSPS) is 19.5. The third-order valence-corrected chi connectivity index (χ3v) is 4.74. The fourth-order valence-corrected chi connectivity index (χ4v) is 3.49. The van der Waals surface area contributed by atoms with Crippen molar-refractivity contribution >= 4 is 11.8 Å². The third kappa shape index (κ3) is 2.58. The Hall–Kier alpha value is -2.62. The number of fused-ring (bicyclic) bond motifs is 1. The van der Waals surface area contributed by atoms with Gasteiger partial charge in [-0.2, -0.15) is 0 Å². The summed E-state index contributed by atoms with van der Waals surface area (Å²) in [5.41, 5.74) is 1.17. The van der Waals surface area contributed by atoms with Crippen molar-refractivity contribution in [1.82, 2.24) is 0 Å². The Bertz CT molecular complexity index is 752. The number of aryl methyl sites for hydroxylation is 1. The summed E-state index contributed by atoms with van der Waals surface area (Å²) in [5.74, 6) is -0.177. The largest absolute Gasteiger partial charge is 0.496 e. The zero-order chi connectivity index (χ0) is 17.2. The summed E-state index contributed by atoms with van der Waals surface area (Å²) in [6, 6.07) is 15.1. The second-order valence-corrected chi connectivity index (χ2v) is 6.06. The number of Topliss-reactive ketones (excluding diaryl/α,β-unsaturated/α-hetero) is 1. The van der Waals surface area contributed by atoms with E-state index in [4.69, 9.17) is 9.47 Å². The first-order chi connectivity index (χ1) is 11.6. The predicted molar refractivity (Wildman–Crippen MR) is 90.2 cm³/mol. The maximum absolute atomic E-state index is 13.3. The number of methoxy groups -OCH3 is 2. The quantitative estimate of drug-likeness (QED) is 0.640. The van der Waals surface area contributed by atoms with Crippen molar-refractivity contribution < 1.29 is 19.1 Å². The van der Waals surface area contributed by atoms with Crippen LogP contribution in [0.5, 0.6) is 5.75 Å². The molecule has 0 N–H and O–H groups in total. The van der Waals surface area contributed by atoms with E-state index in [1.807, 2.05) is 42.5 Å². The molecule has 1 atom stereocenters. The van der Waals surface area contributed by atoms with Crippen molar-refractivity contribution in [1.29, 1.82) is 0 Å². The molecule has 2 aromatic rings. The average molecular weight is 324 g/mol. The highest BCUT2D eigenvalue weighted by Crippen LogP contribution is 2.42. The lowest BCUT2D eigenvalue weighted by Gasteiger charge is -2.34. The molecule has 0 spiro atoms. The number of hydrogen-bond donors (Lipinski definition) is 0. The van der Waals surface area contributed by atoms with E-state index in [1.54, 1.807) is 6.07 Å². The van der Waals surface area contributed by atoms with Crippen LogP contribution < -0.4 is 4.74 Å². The lowest BCUT2D eigenvalue weighted by atomic mass is 9.67. The van der Waals surface area contributed by atoms with Crippen LogP contribution in [0.25, 0.3) is 0 Å². The minimum atomic E-state index is -1.20. The molecule has 0 aliphatic heterocycles. The van der Waals surface area contributed by atoms with E-state index in [2.05, 4.69) is 0 Å². The molecule has 0 amide bonds. The fourth-order valence-electron chi connectivity index (χ4n) is 3.49. The Labute approximate surface area is 141 Å². The summed E-state index contributed by atoms with van der Waals surface area (Å²) in [5, 5.41) is 0. The summed E-state index contributed by atoms with van der Waals surface area (Å²) < 4.78 is 10.4. The molecule has 0 saturated carbocycles. The highest BCUT2D eigenvalue weighted by atomic mass is 16.5. The molecule has 1 aliphatic rings. The summed E-state index contributed by atoms with van der Waals surface area (Å²) in [4.78, 5) is 26.0. The average Bonchev–Trinajstić information content (AvgIpc) is 2.63. The van der Waals surface area contributed by atoms with Gasteiger partial charge < -0.3 is 9.47 Å². The first-order valence-corrected chi connectivity index (χ1v) is 7.95. The maximum Gasteiger partial charge on any atom is 0.320 e.